The van der Waals surface area contributed by atoms with E-state index in [9.17, 15) is 4.79 Å². The molecule has 0 aromatic rings. The third-order valence-corrected chi connectivity index (χ3v) is 5.41. The fourth-order valence-corrected chi connectivity index (χ4v) is 4.11. The van der Waals surface area contributed by atoms with Crippen LogP contribution in [0.1, 0.15) is 52.9 Å². The van der Waals surface area contributed by atoms with Crippen molar-refractivity contribution in [2.24, 2.45) is 0 Å². The van der Waals surface area contributed by atoms with E-state index >= 15 is 0 Å². The largest absolute Gasteiger partial charge is 0.465 e. The van der Waals surface area contributed by atoms with Gasteiger partial charge in [0.05, 0.1) is 12.7 Å². The Labute approximate surface area is 132 Å². The van der Waals surface area contributed by atoms with Gasteiger partial charge in [-0.3, -0.25) is 10.1 Å². The highest BCUT2D eigenvalue weighted by Crippen LogP contribution is 2.30. The Morgan fingerprint density at radius 3 is 2.81 bits per heavy atom. The number of carbonyl (C=O) groups is 1. The molecule has 1 aliphatic carbocycles. The van der Waals surface area contributed by atoms with E-state index in [4.69, 9.17) is 9.47 Å². The first kappa shape index (κ1) is 17.1. The summed E-state index contributed by atoms with van der Waals surface area (Å²) >= 11 is 1.91. The first-order chi connectivity index (χ1) is 10.0. The van der Waals surface area contributed by atoms with Gasteiger partial charge in [0.2, 0.25) is 0 Å². The van der Waals surface area contributed by atoms with Crippen molar-refractivity contribution in [3.63, 3.8) is 0 Å². The summed E-state index contributed by atoms with van der Waals surface area (Å²) in [6, 6.07) is 0.495. The Hall–Kier alpha value is -0.260. The molecule has 1 N–H and O–H groups in total. The predicted octanol–water partition coefficient (Wildman–Crippen LogP) is 2.75. The molecule has 1 saturated heterocycles. The maximum Gasteiger partial charge on any atom is 0.326 e. The van der Waals surface area contributed by atoms with Gasteiger partial charge in [0.15, 0.2) is 0 Å². The summed E-state index contributed by atoms with van der Waals surface area (Å²) in [5.41, 5.74) is -0.555. The molecule has 2 aliphatic rings. The Bertz CT molecular complexity index is 342. The Balaban J connectivity index is 1.82. The molecule has 2 fully saturated rings. The van der Waals surface area contributed by atoms with Crippen LogP contribution in [0.5, 0.6) is 0 Å². The molecule has 3 unspecified atom stereocenters. The average molecular weight is 315 g/mol. The van der Waals surface area contributed by atoms with Crippen molar-refractivity contribution >= 4 is 17.7 Å². The van der Waals surface area contributed by atoms with Crippen LogP contribution in [-0.2, 0) is 14.3 Å². The Morgan fingerprint density at radius 1 is 1.48 bits per heavy atom. The van der Waals surface area contributed by atoms with Gasteiger partial charge in [0.25, 0.3) is 0 Å². The molecule has 1 heterocycles. The third-order valence-electron chi connectivity index (χ3n) is 4.11. The minimum Gasteiger partial charge on any atom is -0.465 e. The predicted molar refractivity (Wildman–Crippen MR) is 86.7 cm³/mol. The van der Waals surface area contributed by atoms with Crippen molar-refractivity contribution in [3.8, 4) is 0 Å². The molecule has 0 spiro atoms. The number of hydrogen-bond donors (Lipinski definition) is 1. The number of ether oxygens (including phenoxy) is 2. The van der Waals surface area contributed by atoms with E-state index < -0.39 is 5.54 Å². The van der Waals surface area contributed by atoms with E-state index in [0.29, 0.717) is 24.0 Å². The van der Waals surface area contributed by atoms with Crippen molar-refractivity contribution in [3.05, 3.63) is 0 Å². The fourth-order valence-electron chi connectivity index (χ4n) is 2.85. The van der Waals surface area contributed by atoms with Gasteiger partial charge in [0.1, 0.15) is 5.54 Å². The van der Waals surface area contributed by atoms with Crippen LogP contribution in [0.2, 0.25) is 0 Å². The molecule has 0 bridgehead atoms. The van der Waals surface area contributed by atoms with Gasteiger partial charge in [-0.2, -0.15) is 11.8 Å². The summed E-state index contributed by atoms with van der Waals surface area (Å²) in [4.78, 5) is 12.3. The molecule has 21 heavy (non-hydrogen) atoms. The number of thioether (sulfide) groups is 1. The number of carbonyl (C=O) groups excluding carboxylic acids is 1. The Morgan fingerprint density at radius 2 is 2.24 bits per heavy atom. The molecule has 2 rings (SSSR count). The summed E-state index contributed by atoms with van der Waals surface area (Å²) in [6.45, 7) is 7.41. The molecule has 0 aromatic carbocycles. The summed E-state index contributed by atoms with van der Waals surface area (Å²) in [5.74, 6) is 0.921. The minimum absolute atomic E-state index is 0.110. The number of esters is 1. The van der Waals surface area contributed by atoms with Crippen LogP contribution in [-0.4, -0.2) is 47.9 Å². The van der Waals surface area contributed by atoms with Crippen LogP contribution < -0.4 is 5.32 Å². The molecule has 5 heteroatoms. The number of nitrogens with one attached hydrogen (secondary N) is 1. The van der Waals surface area contributed by atoms with Crippen LogP contribution in [0.15, 0.2) is 0 Å². The first-order valence-electron chi connectivity index (χ1n) is 8.21. The molecule has 122 valence electrons. The standard InChI is InChI=1S/C16H29NO3S/c1-4-19-15(18)16(3,17-13-7-8-13)10-12(2)21-11-14-6-5-9-20-14/h12-14,17H,4-11H2,1-3H3. The lowest BCUT2D eigenvalue weighted by Gasteiger charge is -2.31. The molecule has 0 radical (unpaired) electrons. The van der Waals surface area contributed by atoms with Crippen molar-refractivity contribution < 1.29 is 14.3 Å². The monoisotopic (exact) mass is 315 g/mol. The zero-order chi connectivity index (χ0) is 15.3. The van der Waals surface area contributed by atoms with Crippen molar-refractivity contribution in [1.29, 1.82) is 0 Å². The first-order valence-corrected chi connectivity index (χ1v) is 9.26. The fraction of sp³-hybridized carbons (Fsp3) is 0.938. The Kier molecular flexibility index (Phi) is 6.38. The SMILES string of the molecule is CCOC(=O)C(C)(CC(C)SCC1CCCO1)NC1CC1. The average Bonchev–Trinajstić information content (AvgIpc) is 3.07. The van der Waals surface area contributed by atoms with Gasteiger partial charge >= 0.3 is 5.97 Å². The highest BCUT2D eigenvalue weighted by atomic mass is 32.2. The van der Waals surface area contributed by atoms with E-state index in [1.165, 1.54) is 25.7 Å². The van der Waals surface area contributed by atoms with Crippen LogP contribution in [0.3, 0.4) is 0 Å². The van der Waals surface area contributed by atoms with E-state index in [0.717, 1.165) is 18.8 Å². The maximum atomic E-state index is 12.3. The summed E-state index contributed by atoms with van der Waals surface area (Å²) < 4.78 is 10.9. The lowest BCUT2D eigenvalue weighted by Crippen LogP contribution is -2.53. The molecule has 4 nitrogen and oxygen atoms in total. The molecule has 1 aliphatic heterocycles. The van der Waals surface area contributed by atoms with Gasteiger partial charge < -0.3 is 9.47 Å². The lowest BCUT2D eigenvalue weighted by molar-refractivity contribution is -0.150. The van der Waals surface area contributed by atoms with Crippen molar-refractivity contribution in [2.75, 3.05) is 19.0 Å². The van der Waals surface area contributed by atoms with E-state index in [2.05, 4.69) is 12.2 Å². The van der Waals surface area contributed by atoms with E-state index in [-0.39, 0.29) is 5.97 Å². The summed E-state index contributed by atoms with van der Waals surface area (Å²) in [6.07, 6.45) is 5.92. The van der Waals surface area contributed by atoms with Crippen LogP contribution in [0.4, 0.5) is 0 Å². The zero-order valence-electron chi connectivity index (χ0n) is 13.5. The molecule has 0 amide bonds. The van der Waals surface area contributed by atoms with Crippen LogP contribution in [0, 0.1) is 0 Å². The second kappa shape index (κ2) is 7.84. The second-order valence-electron chi connectivity index (χ2n) is 6.45. The minimum atomic E-state index is -0.555. The quantitative estimate of drug-likeness (QED) is 0.663. The smallest absolute Gasteiger partial charge is 0.326 e. The zero-order valence-corrected chi connectivity index (χ0v) is 14.3. The normalized spacial score (nSPS) is 26.3. The van der Waals surface area contributed by atoms with E-state index in [1.807, 2.05) is 25.6 Å². The number of hydrogen-bond acceptors (Lipinski definition) is 5. The van der Waals surface area contributed by atoms with Crippen molar-refractivity contribution in [1.82, 2.24) is 5.32 Å². The van der Waals surface area contributed by atoms with Gasteiger partial charge in [-0.15, -0.1) is 0 Å². The topological polar surface area (TPSA) is 47.6 Å². The van der Waals surface area contributed by atoms with E-state index in [1.54, 1.807) is 0 Å². The van der Waals surface area contributed by atoms with Crippen LogP contribution >= 0.6 is 11.8 Å². The van der Waals surface area contributed by atoms with Crippen molar-refractivity contribution in [2.45, 2.75) is 75.8 Å². The molecule has 0 aromatic heterocycles. The third kappa shape index (κ3) is 5.46. The molecular formula is C16H29NO3S. The maximum absolute atomic E-state index is 12.3. The van der Waals surface area contributed by atoms with Gasteiger partial charge in [-0.05, 0) is 46.0 Å². The van der Waals surface area contributed by atoms with Gasteiger partial charge in [0, 0.05) is 23.7 Å². The van der Waals surface area contributed by atoms with Crippen LogP contribution in [0.25, 0.3) is 0 Å². The van der Waals surface area contributed by atoms with Gasteiger partial charge in [-0.1, -0.05) is 6.92 Å². The molecule has 3 atom stereocenters. The lowest BCUT2D eigenvalue weighted by atomic mass is 9.95. The molecule has 1 saturated carbocycles. The van der Waals surface area contributed by atoms with Gasteiger partial charge in [-0.25, -0.2) is 0 Å². The highest BCUT2D eigenvalue weighted by Gasteiger charge is 2.40. The second-order valence-corrected chi connectivity index (χ2v) is 7.93. The molecular weight excluding hydrogens is 286 g/mol. The summed E-state index contributed by atoms with van der Waals surface area (Å²) in [7, 11) is 0. The highest BCUT2D eigenvalue weighted by molar-refractivity contribution is 7.99. The summed E-state index contributed by atoms with van der Waals surface area (Å²) in [5, 5.41) is 3.90. The number of rotatable bonds is 9.